The van der Waals surface area contributed by atoms with E-state index in [0.29, 0.717) is 0 Å². The van der Waals surface area contributed by atoms with Crippen molar-refractivity contribution in [3.05, 3.63) is 40.5 Å². The van der Waals surface area contributed by atoms with Crippen LogP contribution in [0.4, 0.5) is 0 Å². The summed E-state index contributed by atoms with van der Waals surface area (Å²) in [6, 6.07) is 5.91. The molecule has 2 rings (SSSR count). The minimum atomic E-state index is -0.0944. The first-order valence-electron chi connectivity index (χ1n) is 4.75. The number of aromatic nitrogens is 1. The van der Waals surface area contributed by atoms with Gasteiger partial charge in [-0.15, -0.1) is 11.6 Å². The zero-order valence-electron chi connectivity index (χ0n) is 8.34. The lowest BCUT2D eigenvalue weighted by Gasteiger charge is -1.95. The van der Waals surface area contributed by atoms with E-state index in [1.165, 1.54) is 6.08 Å². The number of halogens is 2. The van der Waals surface area contributed by atoms with Gasteiger partial charge >= 0.3 is 0 Å². The fourth-order valence-corrected chi connectivity index (χ4v) is 2.21. The second-order valence-corrected chi connectivity index (χ2v) is 4.46. The van der Waals surface area contributed by atoms with E-state index in [9.17, 15) is 4.79 Å². The Bertz CT molecular complexity index is 559. The Labute approximate surface area is 106 Å². The summed E-state index contributed by atoms with van der Waals surface area (Å²) in [6.07, 6.45) is 5.14. The molecule has 0 saturated carbocycles. The fourth-order valence-electron chi connectivity index (χ4n) is 1.52. The van der Waals surface area contributed by atoms with Crippen LogP contribution < -0.4 is 0 Å². The van der Waals surface area contributed by atoms with E-state index in [1.807, 2.05) is 24.4 Å². The topological polar surface area (TPSA) is 32.9 Å². The van der Waals surface area contributed by atoms with Crippen molar-refractivity contribution >= 4 is 50.3 Å². The molecule has 2 aromatic rings. The highest BCUT2D eigenvalue weighted by molar-refractivity contribution is 9.10. The van der Waals surface area contributed by atoms with Crippen LogP contribution in [-0.4, -0.2) is 16.6 Å². The summed E-state index contributed by atoms with van der Waals surface area (Å²) in [7, 11) is 0. The van der Waals surface area contributed by atoms with Gasteiger partial charge in [0.2, 0.25) is 0 Å². The molecule has 0 radical (unpaired) electrons. The Hall–Kier alpha value is -1.06. The van der Waals surface area contributed by atoms with Gasteiger partial charge in [-0.25, -0.2) is 0 Å². The van der Waals surface area contributed by atoms with Crippen molar-refractivity contribution in [3.8, 4) is 0 Å². The molecular formula is C12H9BrClNO. The van der Waals surface area contributed by atoms with Crippen LogP contribution in [0.3, 0.4) is 0 Å². The molecule has 0 unspecified atom stereocenters. The Morgan fingerprint density at radius 2 is 2.31 bits per heavy atom. The van der Waals surface area contributed by atoms with Crippen LogP contribution in [0.5, 0.6) is 0 Å². The zero-order chi connectivity index (χ0) is 11.5. The summed E-state index contributed by atoms with van der Waals surface area (Å²) in [5, 5.41) is 1.07. The average Bonchev–Trinajstić information content (AvgIpc) is 2.70. The molecule has 0 atom stereocenters. The number of alkyl halides is 1. The minimum Gasteiger partial charge on any atom is -0.361 e. The Balaban J connectivity index is 2.46. The van der Waals surface area contributed by atoms with Crippen molar-refractivity contribution in [2.45, 2.75) is 0 Å². The van der Waals surface area contributed by atoms with E-state index < -0.39 is 0 Å². The first-order valence-corrected chi connectivity index (χ1v) is 6.07. The molecule has 4 heteroatoms. The van der Waals surface area contributed by atoms with Gasteiger partial charge in [0.1, 0.15) is 0 Å². The third kappa shape index (κ3) is 2.20. The van der Waals surface area contributed by atoms with Crippen molar-refractivity contribution in [2.75, 3.05) is 5.88 Å². The van der Waals surface area contributed by atoms with Crippen molar-refractivity contribution in [2.24, 2.45) is 0 Å². The number of H-pyrrole nitrogens is 1. The second-order valence-electron chi connectivity index (χ2n) is 3.34. The van der Waals surface area contributed by atoms with E-state index in [-0.39, 0.29) is 11.7 Å². The summed E-state index contributed by atoms with van der Waals surface area (Å²) in [5.74, 6) is -0.0805. The monoisotopic (exact) mass is 297 g/mol. The van der Waals surface area contributed by atoms with Crippen molar-refractivity contribution < 1.29 is 4.79 Å². The van der Waals surface area contributed by atoms with Crippen LogP contribution in [0.15, 0.2) is 34.9 Å². The highest BCUT2D eigenvalue weighted by atomic mass is 79.9. The summed E-state index contributed by atoms with van der Waals surface area (Å²) in [4.78, 5) is 14.2. The third-order valence-corrected chi connectivity index (χ3v) is 3.19. The molecule has 1 aromatic heterocycles. The Kier molecular flexibility index (Phi) is 3.46. The minimum absolute atomic E-state index is 0.0139. The van der Waals surface area contributed by atoms with E-state index in [2.05, 4.69) is 20.9 Å². The summed E-state index contributed by atoms with van der Waals surface area (Å²) < 4.78 is 1.00. The molecule has 0 fully saturated rings. The maximum Gasteiger partial charge on any atom is 0.170 e. The summed E-state index contributed by atoms with van der Waals surface area (Å²) >= 11 is 8.91. The lowest BCUT2D eigenvalue weighted by atomic mass is 10.1. The maximum absolute atomic E-state index is 11.1. The van der Waals surface area contributed by atoms with Gasteiger partial charge in [-0.1, -0.05) is 22.0 Å². The number of carbonyl (C=O) groups is 1. The van der Waals surface area contributed by atoms with Crippen LogP contribution in [0, 0.1) is 0 Å². The van der Waals surface area contributed by atoms with Crippen molar-refractivity contribution in [1.82, 2.24) is 4.98 Å². The zero-order valence-corrected chi connectivity index (χ0v) is 10.7. The smallest absolute Gasteiger partial charge is 0.170 e. The highest BCUT2D eigenvalue weighted by Crippen LogP contribution is 2.27. The van der Waals surface area contributed by atoms with Gasteiger partial charge in [0.15, 0.2) is 5.78 Å². The van der Waals surface area contributed by atoms with Crippen molar-refractivity contribution in [1.29, 1.82) is 0 Å². The number of hydrogen-bond acceptors (Lipinski definition) is 1. The molecule has 1 N–H and O–H groups in total. The summed E-state index contributed by atoms with van der Waals surface area (Å²) in [5.41, 5.74) is 2.01. The van der Waals surface area contributed by atoms with Crippen LogP contribution in [0.2, 0.25) is 0 Å². The predicted molar refractivity (Wildman–Crippen MR) is 70.8 cm³/mol. The molecule has 0 amide bonds. The molecule has 0 aliphatic carbocycles. The number of hydrogen-bond donors (Lipinski definition) is 1. The lowest BCUT2D eigenvalue weighted by molar-refractivity contribution is -0.112. The molecule has 0 spiro atoms. The van der Waals surface area contributed by atoms with Crippen LogP contribution in [0.1, 0.15) is 5.56 Å². The largest absolute Gasteiger partial charge is 0.361 e. The van der Waals surface area contributed by atoms with Crippen molar-refractivity contribution in [3.63, 3.8) is 0 Å². The number of benzene rings is 1. The van der Waals surface area contributed by atoms with Gasteiger partial charge in [0.25, 0.3) is 0 Å². The van der Waals surface area contributed by atoms with Gasteiger partial charge in [-0.3, -0.25) is 4.79 Å². The Morgan fingerprint density at radius 3 is 3.06 bits per heavy atom. The quantitative estimate of drug-likeness (QED) is 0.679. The molecule has 2 nitrogen and oxygen atoms in total. The summed E-state index contributed by atoms with van der Waals surface area (Å²) in [6.45, 7) is 0. The molecule has 1 aromatic carbocycles. The van der Waals surface area contributed by atoms with E-state index in [4.69, 9.17) is 11.6 Å². The Morgan fingerprint density at radius 1 is 1.50 bits per heavy atom. The molecule has 16 heavy (non-hydrogen) atoms. The molecule has 82 valence electrons. The maximum atomic E-state index is 11.1. The lowest BCUT2D eigenvalue weighted by Crippen LogP contribution is -1.91. The number of aromatic amines is 1. The third-order valence-electron chi connectivity index (χ3n) is 2.27. The van der Waals surface area contributed by atoms with E-state index in [0.717, 1.165) is 20.9 Å². The van der Waals surface area contributed by atoms with Gasteiger partial charge in [-0.05, 0) is 24.3 Å². The van der Waals surface area contributed by atoms with E-state index in [1.54, 1.807) is 6.08 Å². The number of rotatable bonds is 3. The van der Waals surface area contributed by atoms with Crippen LogP contribution >= 0.6 is 27.5 Å². The SMILES string of the molecule is O=C(/C=C/c1c[nH]c2cccc(Br)c12)CCl. The molecule has 0 aliphatic rings. The standard InChI is InChI=1S/C12H9BrClNO/c13-10-2-1-3-11-12(10)8(7-15-11)4-5-9(16)6-14/h1-5,7,15H,6H2/b5-4+. The number of carbonyl (C=O) groups excluding carboxylic acids is 1. The van der Waals surface area contributed by atoms with Gasteiger partial charge in [0, 0.05) is 27.1 Å². The predicted octanol–water partition coefficient (Wildman–Crippen LogP) is 3.75. The molecule has 0 aliphatic heterocycles. The first kappa shape index (κ1) is 11.4. The number of nitrogens with one attached hydrogen (secondary N) is 1. The van der Waals surface area contributed by atoms with Crippen LogP contribution in [0.25, 0.3) is 17.0 Å². The van der Waals surface area contributed by atoms with Gasteiger partial charge in [-0.2, -0.15) is 0 Å². The average molecular weight is 299 g/mol. The normalized spacial score (nSPS) is 11.4. The van der Waals surface area contributed by atoms with Crippen LogP contribution in [-0.2, 0) is 4.79 Å². The molecule has 1 heterocycles. The number of fused-ring (bicyclic) bond motifs is 1. The first-order chi connectivity index (χ1) is 7.72. The highest BCUT2D eigenvalue weighted by Gasteiger charge is 2.04. The van der Waals surface area contributed by atoms with Gasteiger partial charge < -0.3 is 4.98 Å². The fraction of sp³-hybridized carbons (Fsp3) is 0.0833. The number of ketones is 1. The second kappa shape index (κ2) is 4.85. The molecule has 0 saturated heterocycles. The molecule has 0 bridgehead atoms. The number of allylic oxidation sites excluding steroid dienone is 1. The van der Waals surface area contributed by atoms with E-state index >= 15 is 0 Å². The van der Waals surface area contributed by atoms with Gasteiger partial charge in [0.05, 0.1) is 5.88 Å². The molecular weight excluding hydrogens is 289 g/mol.